The lowest BCUT2D eigenvalue weighted by Gasteiger charge is -2.11. The van der Waals surface area contributed by atoms with E-state index in [1.54, 1.807) is 0 Å². The molecule has 0 radical (unpaired) electrons. The summed E-state index contributed by atoms with van der Waals surface area (Å²) in [6, 6.07) is 4.72. The maximum Gasteiger partial charge on any atom is 0.179 e. The molecule has 1 saturated carbocycles. The van der Waals surface area contributed by atoms with Crippen molar-refractivity contribution in [2.75, 3.05) is 19.8 Å². The predicted octanol–water partition coefficient (Wildman–Crippen LogP) is 4.05. The third kappa shape index (κ3) is 3.92. The first kappa shape index (κ1) is 14.7. The first-order chi connectivity index (χ1) is 10.3. The van der Waals surface area contributed by atoms with Crippen molar-refractivity contribution in [3.05, 3.63) is 28.3 Å². The third-order valence-corrected chi connectivity index (χ3v) is 4.13. The van der Waals surface area contributed by atoms with Gasteiger partial charge in [-0.1, -0.05) is 30.2 Å². The van der Waals surface area contributed by atoms with Gasteiger partial charge in [0.15, 0.2) is 11.5 Å². The minimum absolute atomic E-state index is 0.631. The standard InChI is InChI=1S/C17H22ClNO2/c1-2-12(11-19-14-4-5-14)8-13-9-15(18)17-16(10-13)20-6-3-7-21-17/h8-10,14,19H,2-7,11H2,1H3. The van der Waals surface area contributed by atoms with Crippen LogP contribution in [0.2, 0.25) is 5.02 Å². The molecule has 1 aliphatic heterocycles. The van der Waals surface area contributed by atoms with Crippen molar-refractivity contribution in [2.45, 2.75) is 38.6 Å². The van der Waals surface area contributed by atoms with E-state index < -0.39 is 0 Å². The van der Waals surface area contributed by atoms with E-state index in [9.17, 15) is 0 Å². The van der Waals surface area contributed by atoms with Gasteiger partial charge in [0.05, 0.1) is 18.2 Å². The molecule has 0 spiro atoms. The molecular formula is C17H22ClNO2. The fourth-order valence-electron chi connectivity index (χ4n) is 2.41. The summed E-state index contributed by atoms with van der Waals surface area (Å²) in [4.78, 5) is 0. The van der Waals surface area contributed by atoms with Gasteiger partial charge in [0, 0.05) is 19.0 Å². The summed E-state index contributed by atoms with van der Waals surface area (Å²) in [7, 11) is 0. The van der Waals surface area contributed by atoms with E-state index in [1.165, 1.54) is 18.4 Å². The molecule has 2 aliphatic rings. The van der Waals surface area contributed by atoms with Crippen LogP contribution >= 0.6 is 11.6 Å². The van der Waals surface area contributed by atoms with E-state index in [1.807, 2.05) is 12.1 Å². The van der Waals surface area contributed by atoms with Gasteiger partial charge in [-0.25, -0.2) is 0 Å². The van der Waals surface area contributed by atoms with Crippen LogP contribution in [0.5, 0.6) is 11.5 Å². The summed E-state index contributed by atoms with van der Waals surface area (Å²) in [5.41, 5.74) is 2.46. The minimum Gasteiger partial charge on any atom is -0.489 e. The molecule has 1 aliphatic carbocycles. The van der Waals surface area contributed by atoms with E-state index in [-0.39, 0.29) is 0 Å². The van der Waals surface area contributed by atoms with Gasteiger partial charge in [-0.3, -0.25) is 0 Å². The summed E-state index contributed by atoms with van der Waals surface area (Å²) in [6.45, 7) is 4.48. The lowest BCUT2D eigenvalue weighted by atomic mass is 10.1. The van der Waals surface area contributed by atoms with Crippen LogP contribution in [0, 0.1) is 0 Å². The van der Waals surface area contributed by atoms with Crippen LogP contribution in [0.4, 0.5) is 0 Å². The number of hydrogen-bond donors (Lipinski definition) is 1. The highest BCUT2D eigenvalue weighted by atomic mass is 35.5. The quantitative estimate of drug-likeness (QED) is 0.890. The van der Waals surface area contributed by atoms with Crippen molar-refractivity contribution in [3.63, 3.8) is 0 Å². The molecule has 4 heteroatoms. The molecule has 1 aromatic carbocycles. The van der Waals surface area contributed by atoms with Crippen LogP contribution < -0.4 is 14.8 Å². The molecule has 1 N–H and O–H groups in total. The highest BCUT2D eigenvalue weighted by Crippen LogP contribution is 2.38. The molecule has 0 amide bonds. The Balaban J connectivity index is 1.80. The number of hydrogen-bond acceptors (Lipinski definition) is 3. The molecule has 3 nitrogen and oxygen atoms in total. The SMILES string of the molecule is CCC(=Cc1cc(Cl)c2c(c1)OCCCO2)CNC1CC1. The van der Waals surface area contributed by atoms with Crippen LogP contribution in [0.15, 0.2) is 17.7 Å². The molecule has 0 unspecified atom stereocenters. The minimum atomic E-state index is 0.631. The monoisotopic (exact) mass is 307 g/mol. The number of nitrogens with one attached hydrogen (secondary N) is 1. The van der Waals surface area contributed by atoms with Crippen molar-refractivity contribution in [1.29, 1.82) is 0 Å². The molecule has 0 atom stereocenters. The number of rotatable bonds is 5. The maximum atomic E-state index is 6.33. The second-order valence-corrected chi connectivity index (χ2v) is 6.10. The predicted molar refractivity (Wildman–Crippen MR) is 86.4 cm³/mol. The van der Waals surface area contributed by atoms with Crippen LogP contribution in [0.3, 0.4) is 0 Å². The van der Waals surface area contributed by atoms with Crippen molar-refractivity contribution in [3.8, 4) is 11.5 Å². The molecule has 0 saturated heterocycles. The Morgan fingerprint density at radius 3 is 2.90 bits per heavy atom. The average molecular weight is 308 g/mol. The lowest BCUT2D eigenvalue weighted by molar-refractivity contribution is 0.297. The molecular weight excluding hydrogens is 286 g/mol. The average Bonchev–Trinajstić information content (AvgIpc) is 3.30. The van der Waals surface area contributed by atoms with Gasteiger partial charge < -0.3 is 14.8 Å². The summed E-state index contributed by atoms with van der Waals surface area (Å²) >= 11 is 6.33. The first-order valence-corrected chi connectivity index (χ1v) is 8.16. The lowest BCUT2D eigenvalue weighted by Crippen LogP contribution is -2.18. The Morgan fingerprint density at radius 2 is 2.14 bits per heavy atom. The van der Waals surface area contributed by atoms with Gasteiger partial charge in [-0.15, -0.1) is 0 Å². The fraction of sp³-hybridized carbons (Fsp3) is 0.529. The zero-order chi connectivity index (χ0) is 14.7. The van der Waals surface area contributed by atoms with Crippen molar-refractivity contribution in [2.24, 2.45) is 0 Å². The summed E-state index contributed by atoms with van der Waals surface area (Å²) in [5.74, 6) is 1.44. The van der Waals surface area contributed by atoms with Crippen LogP contribution in [-0.2, 0) is 0 Å². The number of benzene rings is 1. The van der Waals surface area contributed by atoms with Crippen LogP contribution in [0.1, 0.15) is 38.2 Å². The highest BCUT2D eigenvalue weighted by molar-refractivity contribution is 6.32. The van der Waals surface area contributed by atoms with Crippen LogP contribution in [-0.4, -0.2) is 25.8 Å². The zero-order valence-electron chi connectivity index (χ0n) is 12.5. The zero-order valence-corrected chi connectivity index (χ0v) is 13.2. The Hall–Kier alpha value is -1.19. The Morgan fingerprint density at radius 1 is 1.33 bits per heavy atom. The molecule has 1 fully saturated rings. The summed E-state index contributed by atoms with van der Waals surface area (Å²) < 4.78 is 11.4. The number of halogens is 1. The Labute approximate surface area is 131 Å². The molecule has 21 heavy (non-hydrogen) atoms. The number of ether oxygens (including phenoxy) is 2. The van der Waals surface area contributed by atoms with Crippen molar-refractivity contribution in [1.82, 2.24) is 5.32 Å². The summed E-state index contributed by atoms with van der Waals surface area (Å²) in [5, 5.41) is 4.19. The maximum absolute atomic E-state index is 6.33. The molecule has 1 heterocycles. The molecule has 0 aromatic heterocycles. The van der Waals surface area contributed by atoms with Gasteiger partial charge in [-0.05, 0) is 37.0 Å². The molecule has 1 aromatic rings. The van der Waals surface area contributed by atoms with Gasteiger partial charge >= 0.3 is 0 Å². The van der Waals surface area contributed by atoms with Crippen molar-refractivity contribution >= 4 is 17.7 Å². The molecule has 0 bridgehead atoms. The van der Waals surface area contributed by atoms with E-state index in [0.717, 1.165) is 36.7 Å². The largest absolute Gasteiger partial charge is 0.489 e. The van der Waals surface area contributed by atoms with E-state index >= 15 is 0 Å². The Bertz CT molecular complexity index is 538. The Kier molecular flexibility index (Phi) is 4.71. The van der Waals surface area contributed by atoms with Gasteiger partial charge in [0.1, 0.15) is 0 Å². The molecule has 114 valence electrons. The topological polar surface area (TPSA) is 30.5 Å². The first-order valence-electron chi connectivity index (χ1n) is 7.78. The normalized spacial score (nSPS) is 18.5. The van der Waals surface area contributed by atoms with Gasteiger partial charge in [-0.2, -0.15) is 0 Å². The molecule has 3 rings (SSSR count). The van der Waals surface area contributed by atoms with E-state index in [0.29, 0.717) is 24.0 Å². The third-order valence-electron chi connectivity index (χ3n) is 3.84. The number of fused-ring (bicyclic) bond motifs is 1. The van der Waals surface area contributed by atoms with E-state index in [4.69, 9.17) is 21.1 Å². The second kappa shape index (κ2) is 6.71. The smallest absolute Gasteiger partial charge is 0.179 e. The van der Waals surface area contributed by atoms with E-state index in [2.05, 4.69) is 18.3 Å². The fourth-order valence-corrected chi connectivity index (χ4v) is 2.68. The highest BCUT2D eigenvalue weighted by Gasteiger charge is 2.20. The van der Waals surface area contributed by atoms with Crippen molar-refractivity contribution < 1.29 is 9.47 Å². The van der Waals surface area contributed by atoms with Crippen LogP contribution in [0.25, 0.3) is 6.08 Å². The van der Waals surface area contributed by atoms with Gasteiger partial charge in [0.25, 0.3) is 0 Å². The van der Waals surface area contributed by atoms with Gasteiger partial charge in [0.2, 0.25) is 0 Å². The second-order valence-electron chi connectivity index (χ2n) is 5.69. The summed E-state index contributed by atoms with van der Waals surface area (Å²) in [6.07, 6.45) is 6.75.